The Balaban J connectivity index is 1.82. The van der Waals surface area contributed by atoms with Crippen molar-refractivity contribution >= 4 is 11.5 Å². The minimum absolute atomic E-state index is 0.306. The first kappa shape index (κ1) is 12.8. The van der Waals surface area contributed by atoms with Crippen molar-refractivity contribution in [3.8, 4) is 0 Å². The van der Waals surface area contributed by atoms with E-state index in [1.54, 1.807) is 0 Å². The van der Waals surface area contributed by atoms with Crippen LogP contribution in [0.3, 0.4) is 0 Å². The number of anilines is 2. The summed E-state index contributed by atoms with van der Waals surface area (Å²) < 4.78 is 7.87. The Morgan fingerprint density at radius 2 is 2.11 bits per heavy atom. The summed E-state index contributed by atoms with van der Waals surface area (Å²) in [5.41, 5.74) is 7.84. The lowest BCUT2D eigenvalue weighted by Crippen LogP contribution is -2.32. The third-order valence-electron chi connectivity index (χ3n) is 4.17. The normalized spacial score (nSPS) is 27.2. The quantitative estimate of drug-likeness (QED) is 0.876. The number of aryl methyl sites for hydroxylation is 1. The SMILES string of the molecule is Cc1nn(C(C)C)c(NC2CCOC2C2CC2)c1N. The third kappa shape index (κ3) is 2.31. The van der Waals surface area contributed by atoms with Crippen LogP contribution < -0.4 is 11.1 Å². The molecule has 5 nitrogen and oxygen atoms in total. The molecule has 1 aliphatic carbocycles. The van der Waals surface area contributed by atoms with E-state index in [4.69, 9.17) is 10.5 Å². The zero-order valence-corrected chi connectivity index (χ0v) is 12.0. The molecular formula is C14H24N4O. The van der Waals surface area contributed by atoms with Crippen molar-refractivity contribution in [3.05, 3.63) is 5.69 Å². The lowest BCUT2D eigenvalue weighted by molar-refractivity contribution is 0.0897. The molecule has 0 bridgehead atoms. The first-order valence-corrected chi connectivity index (χ1v) is 7.30. The molecule has 1 aromatic heterocycles. The van der Waals surface area contributed by atoms with Gasteiger partial charge in [0.15, 0.2) is 0 Å². The van der Waals surface area contributed by atoms with Crippen molar-refractivity contribution in [2.24, 2.45) is 5.92 Å². The van der Waals surface area contributed by atoms with Crippen LogP contribution in [0, 0.1) is 12.8 Å². The van der Waals surface area contributed by atoms with Crippen LogP contribution in [0.25, 0.3) is 0 Å². The van der Waals surface area contributed by atoms with Gasteiger partial charge in [-0.25, -0.2) is 4.68 Å². The molecule has 0 radical (unpaired) electrons. The summed E-state index contributed by atoms with van der Waals surface area (Å²) in [7, 11) is 0. The van der Waals surface area contributed by atoms with Gasteiger partial charge in [0.2, 0.25) is 0 Å². The Hall–Kier alpha value is -1.23. The van der Waals surface area contributed by atoms with E-state index >= 15 is 0 Å². The van der Waals surface area contributed by atoms with Gasteiger partial charge in [0, 0.05) is 12.6 Å². The van der Waals surface area contributed by atoms with E-state index in [1.165, 1.54) is 12.8 Å². The number of nitrogens with zero attached hydrogens (tertiary/aromatic N) is 2. The van der Waals surface area contributed by atoms with E-state index in [0.29, 0.717) is 18.2 Å². The highest BCUT2D eigenvalue weighted by Crippen LogP contribution is 2.40. The van der Waals surface area contributed by atoms with Crippen LogP contribution in [-0.2, 0) is 4.74 Å². The van der Waals surface area contributed by atoms with Gasteiger partial charge in [0.1, 0.15) is 5.82 Å². The molecule has 19 heavy (non-hydrogen) atoms. The Bertz CT molecular complexity index is 464. The molecule has 3 rings (SSSR count). The molecule has 106 valence electrons. The highest BCUT2D eigenvalue weighted by Gasteiger charge is 2.41. The Kier molecular flexibility index (Phi) is 3.17. The van der Waals surface area contributed by atoms with Gasteiger partial charge in [-0.05, 0) is 46.0 Å². The molecule has 1 saturated carbocycles. The van der Waals surface area contributed by atoms with Gasteiger partial charge in [-0.3, -0.25) is 0 Å². The maximum absolute atomic E-state index is 6.17. The Morgan fingerprint density at radius 3 is 2.74 bits per heavy atom. The van der Waals surface area contributed by atoms with Crippen molar-refractivity contribution in [3.63, 3.8) is 0 Å². The van der Waals surface area contributed by atoms with Crippen LogP contribution in [0.5, 0.6) is 0 Å². The highest BCUT2D eigenvalue weighted by atomic mass is 16.5. The lowest BCUT2D eigenvalue weighted by Gasteiger charge is -2.22. The molecule has 2 heterocycles. The van der Waals surface area contributed by atoms with E-state index in [-0.39, 0.29) is 0 Å². The summed E-state index contributed by atoms with van der Waals surface area (Å²) in [5, 5.41) is 8.13. The average molecular weight is 264 g/mol. The molecule has 2 fully saturated rings. The summed E-state index contributed by atoms with van der Waals surface area (Å²) in [6.07, 6.45) is 4.03. The molecule has 0 aromatic carbocycles. The highest BCUT2D eigenvalue weighted by molar-refractivity contribution is 5.65. The molecule has 0 spiro atoms. The maximum Gasteiger partial charge on any atom is 0.148 e. The summed E-state index contributed by atoms with van der Waals surface area (Å²) in [6.45, 7) is 7.07. The Morgan fingerprint density at radius 1 is 1.37 bits per heavy atom. The van der Waals surface area contributed by atoms with Crippen molar-refractivity contribution < 1.29 is 4.74 Å². The van der Waals surface area contributed by atoms with Gasteiger partial charge in [-0.15, -0.1) is 0 Å². The number of aromatic nitrogens is 2. The van der Waals surface area contributed by atoms with Crippen molar-refractivity contribution in [1.82, 2.24) is 9.78 Å². The zero-order valence-electron chi connectivity index (χ0n) is 12.0. The fourth-order valence-electron chi connectivity index (χ4n) is 2.91. The fraction of sp³-hybridized carbons (Fsp3) is 0.786. The lowest BCUT2D eigenvalue weighted by atomic mass is 10.1. The van der Waals surface area contributed by atoms with Gasteiger partial charge in [0.25, 0.3) is 0 Å². The first-order chi connectivity index (χ1) is 9.08. The maximum atomic E-state index is 6.17. The van der Waals surface area contributed by atoms with E-state index in [1.807, 2.05) is 11.6 Å². The van der Waals surface area contributed by atoms with Gasteiger partial charge in [-0.2, -0.15) is 5.10 Å². The largest absolute Gasteiger partial charge is 0.394 e. The number of nitrogens with two attached hydrogens (primary N) is 1. The van der Waals surface area contributed by atoms with E-state index in [2.05, 4.69) is 24.3 Å². The summed E-state index contributed by atoms with van der Waals surface area (Å²) in [6, 6.07) is 0.684. The van der Waals surface area contributed by atoms with Crippen molar-refractivity contribution in [2.45, 2.75) is 58.2 Å². The van der Waals surface area contributed by atoms with Crippen LogP contribution in [0.15, 0.2) is 0 Å². The van der Waals surface area contributed by atoms with Gasteiger partial charge in [-0.1, -0.05) is 0 Å². The number of rotatable bonds is 4. The Labute approximate surface area is 114 Å². The number of hydrogen-bond acceptors (Lipinski definition) is 4. The summed E-state index contributed by atoms with van der Waals surface area (Å²) in [4.78, 5) is 0. The first-order valence-electron chi connectivity index (χ1n) is 7.30. The molecule has 2 unspecified atom stereocenters. The van der Waals surface area contributed by atoms with E-state index in [0.717, 1.165) is 36.1 Å². The molecule has 3 N–H and O–H groups in total. The third-order valence-corrected chi connectivity index (χ3v) is 4.17. The molecule has 2 aliphatic rings. The summed E-state index contributed by atoms with van der Waals surface area (Å²) >= 11 is 0. The smallest absolute Gasteiger partial charge is 0.148 e. The van der Waals surface area contributed by atoms with Crippen LogP contribution in [0.2, 0.25) is 0 Å². The molecule has 1 aromatic rings. The second kappa shape index (κ2) is 4.71. The van der Waals surface area contributed by atoms with Crippen LogP contribution in [-0.4, -0.2) is 28.5 Å². The molecule has 0 amide bonds. The van der Waals surface area contributed by atoms with Crippen molar-refractivity contribution in [1.29, 1.82) is 0 Å². The van der Waals surface area contributed by atoms with E-state index < -0.39 is 0 Å². The standard InChI is InChI=1S/C14H24N4O/c1-8(2)18-14(12(15)9(3)17-18)16-11-6-7-19-13(11)10-4-5-10/h8,10-11,13,16H,4-7,15H2,1-3H3. The molecule has 1 saturated heterocycles. The number of nitrogen functional groups attached to an aromatic ring is 1. The monoisotopic (exact) mass is 264 g/mol. The average Bonchev–Trinajstić information content (AvgIpc) is 3.05. The predicted octanol–water partition coefficient (Wildman–Crippen LogP) is 2.33. The molecule has 2 atom stereocenters. The molecule has 1 aliphatic heterocycles. The zero-order chi connectivity index (χ0) is 13.6. The predicted molar refractivity (Wildman–Crippen MR) is 76.3 cm³/mol. The van der Waals surface area contributed by atoms with E-state index in [9.17, 15) is 0 Å². The second-order valence-corrected chi connectivity index (χ2v) is 6.10. The van der Waals surface area contributed by atoms with Crippen molar-refractivity contribution in [2.75, 3.05) is 17.7 Å². The van der Waals surface area contributed by atoms with Crippen LogP contribution in [0.4, 0.5) is 11.5 Å². The number of hydrogen-bond donors (Lipinski definition) is 2. The van der Waals surface area contributed by atoms with Gasteiger partial charge in [0.05, 0.1) is 23.5 Å². The minimum atomic E-state index is 0.306. The van der Waals surface area contributed by atoms with Crippen LogP contribution >= 0.6 is 0 Å². The van der Waals surface area contributed by atoms with Gasteiger partial charge >= 0.3 is 0 Å². The molecule has 5 heteroatoms. The van der Waals surface area contributed by atoms with Gasteiger partial charge < -0.3 is 15.8 Å². The number of nitrogens with one attached hydrogen (secondary N) is 1. The second-order valence-electron chi connectivity index (χ2n) is 6.10. The van der Waals surface area contributed by atoms with Crippen LogP contribution in [0.1, 0.15) is 44.8 Å². The number of ether oxygens (including phenoxy) is 1. The minimum Gasteiger partial charge on any atom is -0.394 e. The molecular weight excluding hydrogens is 240 g/mol. The topological polar surface area (TPSA) is 65.1 Å². The summed E-state index contributed by atoms with van der Waals surface area (Å²) in [5.74, 6) is 1.71. The fourth-order valence-corrected chi connectivity index (χ4v) is 2.91.